The Morgan fingerprint density at radius 1 is 0.692 bits per heavy atom. The van der Waals surface area contributed by atoms with Crippen LogP contribution in [0.5, 0.6) is 0 Å². The molecule has 2 radical (unpaired) electrons. The third kappa shape index (κ3) is 3.23. The summed E-state index contributed by atoms with van der Waals surface area (Å²) in [7, 11) is 0.731. The molecule has 0 amide bonds. The lowest BCUT2D eigenvalue weighted by Gasteiger charge is -2.20. The average Bonchev–Trinajstić information content (AvgIpc) is 2.71. The molecule has 4 rings (SSSR count). The van der Waals surface area contributed by atoms with Gasteiger partial charge in [0.15, 0.2) is 0 Å². The Balaban J connectivity index is 1.93. The van der Waals surface area contributed by atoms with E-state index < -0.39 is 0 Å². The predicted molar refractivity (Wildman–Crippen MR) is 115 cm³/mol. The van der Waals surface area contributed by atoms with Crippen molar-refractivity contribution in [2.24, 2.45) is 0 Å². The molecule has 0 nitrogen and oxygen atoms in total. The highest BCUT2D eigenvalue weighted by Gasteiger charge is 2.18. The molecule has 0 fully saturated rings. The van der Waals surface area contributed by atoms with Crippen LogP contribution in [0.25, 0.3) is 21.5 Å². The Bertz CT molecular complexity index is 972. The summed E-state index contributed by atoms with van der Waals surface area (Å²) < 4.78 is 0. The molecular formula is C25H22Si. The number of hydrogen-bond donors (Lipinski definition) is 0. The number of allylic oxidation sites excluding steroid dienone is 1. The minimum Gasteiger partial charge on any atom is -0.102 e. The summed E-state index contributed by atoms with van der Waals surface area (Å²) >= 11 is 0. The second-order valence-corrected chi connectivity index (χ2v) is 7.79. The highest BCUT2D eigenvalue weighted by molar-refractivity contribution is 6.46. The Morgan fingerprint density at radius 2 is 1.19 bits per heavy atom. The Kier molecular flexibility index (Phi) is 4.99. The maximum Gasteiger partial charge on any atom is 0.0842 e. The van der Waals surface area contributed by atoms with Crippen molar-refractivity contribution in [2.75, 3.05) is 0 Å². The lowest BCUT2D eigenvalue weighted by Crippen LogP contribution is -2.09. The van der Waals surface area contributed by atoms with Crippen LogP contribution < -0.4 is 0 Å². The van der Waals surface area contributed by atoms with E-state index in [1.54, 1.807) is 0 Å². The zero-order chi connectivity index (χ0) is 17.8. The number of benzene rings is 4. The van der Waals surface area contributed by atoms with Gasteiger partial charge in [-0.05, 0) is 39.1 Å². The van der Waals surface area contributed by atoms with Crippen LogP contribution in [0.1, 0.15) is 30.0 Å². The molecule has 0 saturated heterocycles. The summed E-state index contributed by atoms with van der Waals surface area (Å²) in [6.07, 6.45) is 3.38. The van der Waals surface area contributed by atoms with Crippen molar-refractivity contribution in [3.8, 4) is 0 Å². The molecule has 4 aromatic carbocycles. The van der Waals surface area contributed by atoms with Crippen LogP contribution in [0.4, 0.5) is 0 Å². The standard InChI is InChI=1S/C25H22Si/c1-2-3-18-26-25(23-16-8-12-19-10-4-6-14-21(19)23)24-17-9-13-20-11-5-7-15-22(20)24/h3-18,25H,2H2,1H3. The second kappa shape index (κ2) is 7.71. The van der Waals surface area contributed by atoms with Crippen molar-refractivity contribution in [3.05, 3.63) is 108 Å². The lowest BCUT2D eigenvalue weighted by atomic mass is 9.94. The second-order valence-electron chi connectivity index (χ2n) is 6.55. The monoisotopic (exact) mass is 350 g/mol. The van der Waals surface area contributed by atoms with Gasteiger partial charge < -0.3 is 0 Å². The molecular weight excluding hydrogens is 328 g/mol. The first-order valence-corrected chi connectivity index (χ1v) is 10.4. The zero-order valence-electron chi connectivity index (χ0n) is 15.0. The minimum absolute atomic E-state index is 0.384. The van der Waals surface area contributed by atoms with Gasteiger partial charge in [0.2, 0.25) is 0 Å². The molecule has 0 aliphatic carbocycles. The molecule has 0 saturated carbocycles. The van der Waals surface area contributed by atoms with Crippen LogP contribution in [0.2, 0.25) is 0 Å². The molecule has 4 aromatic rings. The molecule has 0 unspecified atom stereocenters. The van der Waals surface area contributed by atoms with Crippen LogP contribution in [0, 0.1) is 0 Å². The predicted octanol–water partition coefficient (Wildman–Crippen LogP) is 6.71. The smallest absolute Gasteiger partial charge is 0.0842 e. The zero-order valence-corrected chi connectivity index (χ0v) is 16.0. The van der Waals surface area contributed by atoms with Gasteiger partial charge in [0.05, 0.1) is 9.52 Å². The number of rotatable bonds is 5. The van der Waals surface area contributed by atoms with Crippen molar-refractivity contribution in [1.82, 2.24) is 0 Å². The van der Waals surface area contributed by atoms with E-state index in [1.807, 2.05) is 0 Å². The fourth-order valence-corrected chi connectivity index (χ4v) is 5.06. The Morgan fingerprint density at radius 3 is 1.73 bits per heavy atom. The van der Waals surface area contributed by atoms with Crippen molar-refractivity contribution >= 4 is 31.1 Å². The SMILES string of the molecule is CCC=C[Si]C(c1cccc2ccccc12)c1cccc2ccccc12. The summed E-state index contributed by atoms with van der Waals surface area (Å²) in [4.78, 5) is 0. The van der Waals surface area contributed by atoms with Gasteiger partial charge >= 0.3 is 0 Å². The molecule has 1 heteroatoms. The van der Waals surface area contributed by atoms with E-state index in [1.165, 1.54) is 32.7 Å². The first-order valence-electron chi connectivity index (χ1n) is 9.25. The number of fused-ring (bicyclic) bond motifs is 2. The van der Waals surface area contributed by atoms with Crippen molar-refractivity contribution in [3.63, 3.8) is 0 Å². The quantitative estimate of drug-likeness (QED) is 0.351. The van der Waals surface area contributed by atoms with Crippen LogP contribution in [0.15, 0.2) is 96.7 Å². The van der Waals surface area contributed by atoms with Crippen LogP contribution >= 0.6 is 0 Å². The van der Waals surface area contributed by atoms with E-state index in [0.717, 1.165) is 15.9 Å². The third-order valence-electron chi connectivity index (χ3n) is 4.89. The highest BCUT2D eigenvalue weighted by atomic mass is 28.2. The average molecular weight is 351 g/mol. The van der Waals surface area contributed by atoms with E-state index in [9.17, 15) is 0 Å². The topological polar surface area (TPSA) is 0 Å². The third-order valence-corrected chi connectivity index (χ3v) is 6.27. The fourth-order valence-electron chi connectivity index (χ4n) is 3.63. The van der Waals surface area contributed by atoms with Crippen LogP contribution in [0.3, 0.4) is 0 Å². The lowest BCUT2D eigenvalue weighted by molar-refractivity contribution is 1.16. The van der Waals surface area contributed by atoms with E-state index >= 15 is 0 Å². The largest absolute Gasteiger partial charge is 0.102 e. The van der Waals surface area contributed by atoms with E-state index in [0.29, 0.717) is 5.54 Å². The van der Waals surface area contributed by atoms with Crippen LogP contribution in [-0.4, -0.2) is 9.52 Å². The molecule has 0 aromatic heterocycles. The van der Waals surface area contributed by atoms with Crippen LogP contribution in [-0.2, 0) is 0 Å². The van der Waals surface area contributed by atoms with E-state index in [4.69, 9.17) is 0 Å². The summed E-state index contributed by atoms with van der Waals surface area (Å²) in [6, 6.07) is 30.9. The van der Waals surface area contributed by atoms with Gasteiger partial charge in [-0.25, -0.2) is 0 Å². The molecule has 0 aliphatic heterocycles. The van der Waals surface area contributed by atoms with Gasteiger partial charge in [-0.2, -0.15) is 0 Å². The number of hydrogen-bond acceptors (Lipinski definition) is 0. The van der Waals surface area contributed by atoms with Crippen molar-refractivity contribution < 1.29 is 0 Å². The van der Waals surface area contributed by atoms with Crippen molar-refractivity contribution in [2.45, 2.75) is 18.9 Å². The molecule has 0 spiro atoms. The van der Waals surface area contributed by atoms with Crippen molar-refractivity contribution in [1.29, 1.82) is 0 Å². The summed E-state index contributed by atoms with van der Waals surface area (Å²) in [6.45, 7) is 2.20. The molecule has 0 atom stereocenters. The summed E-state index contributed by atoms with van der Waals surface area (Å²) in [5.74, 6) is 0. The van der Waals surface area contributed by atoms with Gasteiger partial charge in [0, 0.05) is 5.54 Å². The Labute approximate surface area is 158 Å². The normalized spacial score (nSPS) is 11.8. The highest BCUT2D eigenvalue weighted by Crippen LogP contribution is 2.34. The van der Waals surface area contributed by atoms with Gasteiger partial charge in [-0.1, -0.05) is 97.9 Å². The van der Waals surface area contributed by atoms with E-state index in [-0.39, 0.29) is 0 Å². The molecule has 0 N–H and O–H groups in total. The van der Waals surface area contributed by atoms with E-state index in [2.05, 4.69) is 104 Å². The molecule has 0 heterocycles. The minimum atomic E-state index is 0.384. The molecule has 126 valence electrons. The first-order chi connectivity index (χ1) is 12.9. The van der Waals surface area contributed by atoms with Gasteiger partial charge in [0.25, 0.3) is 0 Å². The molecule has 0 bridgehead atoms. The van der Waals surface area contributed by atoms with Gasteiger partial charge in [-0.15, -0.1) is 5.70 Å². The molecule has 26 heavy (non-hydrogen) atoms. The van der Waals surface area contributed by atoms with Gasteiger partial charge in [0.1, 0.15) is 0 Å². The fraction of sp³-hybridized carbons (Fsp3) is 0.120. The summed E-state index contributed by atoms with van der Waals surface area (Å²) in [5.41, 5.74) is 5.61. The van der Waals surface area contributed by atoms with Gasteiger partial charge in [-0.3, -0.25) is 0 Å². The molecule has 0 aliphatic rings. The maximum atomic E-state index is 2.37. The summed E-state index contributed by atoms with van der Waals surface area (Å²) in [5, 5.41) is 5.37. The Hall–Kier alpha value is -2.64. The first kappa shape index (κ1) is 16.8. The maximum absolute atomic E-state index is 2.37.